The molecule has 2 heterocycles. The summed E-state index contributed by atoms with van der Waals surface area (Å²) in [4.78, 5) is 15.4. The molecule has 31 heavy (non-hydrogen) atoms. The number of hydrazine groups is 1. The number of pyridine rings is 1. The number of halogens is 1. The molecule has 0 saturated heterocycles. The number of benzene rings is 1. The zero-order valence-corrected chi connectivity index (χ0v) is 18.0. The van der Waals surface area contributed by atoms with Crippen molar-refractivity contribution in [2.24, 2.45) is 0 Å². The summed E-state index contributed by atoms with van der Waals surface area (Å²) in [6, 6.07) is 10.6. The Labute approximate surface area is 181 Å². The quantitative estimate of drug-likeness (QED) is 0.262. The molecule has 6 N–H and O–H groups in total. The third-order valence-electron chi connectivity index (χ3n) is 4.51. The van der Waals surface area contributed by atoms with Gasteiger partial charge in [0.15, 0.2) is 0 Å². The summed E-state index contributed by atoms with van der Waals surface area (Å²) in [5.41, 5.74) is 15.7. The summed E-state index contributed by atoms with van der Waals surface area (Å²) in [6.07, 6.45) is 1.42. The molecule has 0 aliphatic carbocycles. The number of nitrogens with one attached hydrogen (secondary N) is 4. The SMILES string of the molecule is CC(C)(C)OC(=O)NCCCNC1NNC(c2ccc(N)cc2)=C1c1ccnc(F)c1. The monoisotopic (exact) mass is 428 g/mol. The van der Waals surface area contributed by atoms with Gasteiger partial charge in [-0.3, -0.25) is 5.32 Å². The highest BCUT2D eigenvalue weighted by molar-refractivity contribution is 5.93. The first-order chi connectivity index (χ1) is 14.7. The van der Waals surface area contributed by atoms with Crippen molar-refractivity contribution in [2.75, 3.05) is 18.8 Å². The van der Waals surface area contributed by atoms with Gasteiger partial charge in [0.25, 0.3) is 0 Å². The van der Waals surface area contributed by atoms with Crippen LogP contribution in [0.4, 0.5) is 14.9 Å². The van der Waals surface area contributed by atoms with Gasteiger partial charge in [0.2, 0.25) is 5.95 Å². The van der Waals surface area contributed by atoms with Crippen molar-refractivity contribution < 1.29 is 13.9 Å². The molecular weight excluding hydrogens is 399 g/mol. The molecule has 1 aliphatic rings. The van der Waals surface area contributed by atoms with Crippen LogP contribution in [0.1, 0.15) is 38.3 Å². The first-order valence-electron chi connectivity index (χ1n) is 10.2. The molecule has 1 unspecified atom stereocenters. The topological polar surface area (TPSA) is 113 Å². The number of rotatable bonds is 7. The summed E-state index contributed by atoms with van der Waals surface area (Å²) >= 11 is 0. The molecule has 9 heteroatoms. The van der Waals surface area contributed by atoms with E-state index in [0.717, 1.165) is 16.8 Å². The summed E-state index contributed by atoms with van der Waals surface area (Å²) < 4.78 is 19.0. The highest BCUT2D eigenvalue weighted by Gasteiger charge is 2.27. The highest BCUT2D eigenvalue weighted by Crippen LogP contribution is 2.30. The van der Waals surface area contributed by atoms with Gasteiger partial charge in [0, 0.05) is 30.1 Å². The third-order valence-corrected chi connectivity index (χ3v) is 4.51. The minimum absolute atomic E-state index is 0.268. The fourth-order valence-corrected chi connectivity index (χ4v) is 3.18. The summed E-state index contributed by atoms with van der Waals surface area (Å²) in [5, 5.41) is 6.13. The number of ether oxygens (including phenoxy) is 1. The third kappa shape index (κ3) is 6.40. The van der Waals surface area contributed by atoms with Crippen LogP contribution < -0.4 is 27.2 Å². The van der Waals surface area contributed by atoms with Gasteiger partial charge in [-0.1, -0.05) is 12.1 Å². The number of nitrogens with zero attached hydrogens (tertiary/aromatic N) is 1. The van der Waals surface area contributed by atoms with Gasteiger partial charge < -0.3 is 21.2 Å². The Kier molecular flexibility index (Phi) is 7.09. The van der Waals surface area contributed by atoms with Crippen LogP contribution in [0.25, 0.3) is 11.3 Å². The Hall–Kier alpha value is -3.17. The van der Waals surface area contributed by atoms with Crippen molar-refractivity contribution in [1.29, 1.82) is 0 Å². The van der Waals surface area contributed by atoms with Gasteiger partial charge in [-0.05, 0) is 63.1 Å². The number of nitrogen functional groups attached to an aromatic ring is 1. The van der Waals surface area contributed by atoms with Crippen molar-refractivity contribution in [3.63, 3.8) is 0 Å². The summed E-state index contributed by atoms with van der Waals surface area (Å²) in [6.45, 7) is 6.54. The van der Waals surface area contributed by atoms with E-state index in [1.54, 1.807) is 6.07 Å². The zero-order chi connectivity index (χ0) is 22.4. The van der Waals surface area contributed by atoms with E-state index in [2.05, 4.69) is 26.5 Å². The molecule has 0 fully saturated rings. The Balaban J connectivity index is 1.67. The highest BCUT2D eigenvalue weighted by atomic mass is 19.1. The van der Waals surface area contributed by atoms with Crippen molar-refractivity contribution in [3.05, 3.63) is 59.7 Å². The number of hydrogen-bond acceptors (Lipinski definition) is 7. The average molecular weight is 429 g/mol. The predicted molar refractivity (Wildman–Crippen MR) is 119 cm³/mol. The van der Waals surface area contributed by atoms with Gasteiger partial charge in [-0.2, -0.15) is 4.39 Å². The maximum Gasteiger partial charge on any atom is 0.407 e. The molecule has 3 rings (SSSR count). The minimum Gasteiger partial charge on any atom is -0.444 e. The molecule has 0 saturated carbocycles. The van der Waals surface area contributed by atoms with E-state index < -0.39 is 17.6 Å². The first kappa shape index (κ1) is 22.5. The molecule has 1 aromatic carbocycles. The Morgan fingerprint density at radius 3 is 2.61 bits per heavy atom. The number of carbonyl (C=O) groups is 1. The molecule has 1 atom stereocenters. The van der Waals surface area contributed by atoms with E-state index >= 15 is 0 Å². The van der Waals surface area contributed by atoms with Crippen LogP contribution in [0.3, 0.4) is 0 Å². The molecular formula is C22H29FN6O2. The summed E-state index contributed by atoms with van der Waals surface area (Å²) in [7, 11) is 0. The number of anilines is 1. The molecule has 1 aliphatic heterocycles. The smallest absolute Gasteiger partial charge is 0.407 e. The molecule has 2 aromatic rings. The fraction of sp³-hybridized carbons (Fsp3) is 0.364. The van der Waals surface area contributed by atoms with Gasteiger partial charge in [-0.25, -0.2) is 15.2 Å². The second-order valence-corrected chi connectivity index (χ2v) is 8.22. The maximum absolute atomic E-state index is 13.8. The van der Waals surface area contributed by atoms with Crippen molar-refractivity contribution in [3.8, 4) is 0 Å². The van der Waals surface area contributed by atoms with Gasteiger partial charge >= 0.3 is 6.09 Å². The first-order valence-corrected chi connectivity index (χ1v) is 10.2. The Morgan fingerprint density at radius 2 is 1.94 bits per heavy atom. The Bertz CT molecular complexity index is 940. The average Bonchev–Trinajstić information content (AvgIpc) is 3.11. The minimum atomic E-state index is -0.547. The van der Waals surface area contributed by atoms with E-state index in [1.165, 1.54) is 12.3 Å². The molecule has 1 amide bonds. The lowest BCUT2D eigenvalue weighted by Crippen LogP contribution is -2.44. The number of nitrogens with two attached hydrogens (primary N) is 1. The largest absolute Gasteiger partial charge is 0.444 e. The number of aromatic nitrogens is 1. The number of carbonyl (C=O) groups excluding carboxylic acids is 1. The lowest BCUT2D eigenvalue weighted by Gasteiger charge is -2.20. The number of amides is 1. The van der Waals surface area contributed by atoms with Crippen LogP contribution in [0.15, 0.2) is 42.6 Å². The number of alkyl carbamates (subject to hydrolysis) is 1. The predicted octanol–water partition coefficient (Wildman–Crippen LogP) is 2.61. The molecule has 8 nitrogen and oxygen atoms in total. The van der Waals surface area contributed by atoms with Crippen molar-refractivity contribution in [2.45, 2.75) is 39.0 Å². The molecule has 0 radical (unpaired) electrons. The number of hydrogen-bond donors (Lipinski definition) is 5. The molecule has 0 spiro atoms. The van der Waals surface area contributed by atoms with Gasteiger partial charge in [0.1, 0.15) is 11.8 Å². The Morgan fingerprint density at radius 1 is 1.19 bits per heavy atom. The molecule has 166 valence electrons. The molecule has 0 bridgehead atoms. The van der Waals surface area contributed by atoms with E-state index in [9.17, 15) is 9.18 Å². The second-order valence-electron chi connectivity index (χ2n) is 8.22. The lowest BCUT2D eigenvalue weighted by atomic mass is 9.99. The van der Waals surface area contributed by atoms with E-state index in [-0.39, 0.29) is 6.17 Å². The van der Waals surface area contributed by atoms with Crippen LogP contribution in [0.5, 0.6) is 0 Å². The van der Waals surface area contributed by atoms with Crippen LogP contribution in [0.2, 0.25) is 0 Å². The maximum atomic E-state index is 13.8. The normalized spacial score (nSPS) is 16.2. The van der Waals surface area contributed by atoms with E-state index in [1.807, 2.05) is 45.0 Å². The second kappa shape index (κ2) is 9.76. The fourth-order valence-electron chi connectivity index (χ4n) is 3.18. The van der Waals surface area contributed by atoms with E-state index in [0.29, 0.717) is 30.8 Å². The van der Waals surface area contributed by atoms with Crippen LogP contribution >= 0.6 is 0 Å². The van der Waals surface area contributed by atoms with E-state index in [4.69, 9.17) is 10.5 Å². The molecule has 1 aromatic heterocycles. The van der Waals surface area contributed by atoms with Crippen LogP contribution in [-0.4, -0.2) is 35.9 Å². The lowest BCUT2D eigenvalue weighted by molar-refractivity contribution is 0.0527. The van der Waals surface area contributed by atoms with Gasteiger partial charge in [0.05, 0.1) is 5.70 Å². The summed E-state index contributed by atoms with van der Waals surface area (Å²) in [5.74, 6) is -0.547. The zero-order valence-electron chi connectivity index (χ0n) is 18.0. The standard InChI is InChI=1S/C22H29FN6O2/c1-22(2,3)31-21(30)27-11-4-10-26-20-18(15-9-12-25-17(23)13-15)19(28-29-20)14-5-7-16(24)8-6-14/h5-9,12-13,20,26,28-29H,4,10-11,24H2,1-3H3,(H,27,30). The van der Waals surface area contributed by atoms with Gasteiger partial charge in [-0.15, -0.1) is 0 Å². The van der Waals surface area contributed by atoms with Crippen molar-refractivity contribution >= 4 is 23.1 Å². The van der Waals surface area contributed by atoms with Crippen molar-refractivity contribution in [1.82, 2.24) is 26.5 Å². The van der Waals surface area contributed by atoms with Crippen LogP contribution in [0, 0.1) is 5.95 Å². The van der Waals surface area contributed by atoms with Crippen LogP contribution in [-0.2, 0) is 4.74 Å².